The summed E-state index contributed by atoms with van der Waals surface area (Å²) < 4.78 is 52.9. The molecule has 34 heavy (non-hydrogen) atoms. The van der Waals surface area contributed by atoms with Gasteiger partial charge in [0.25, 0.3) is 0 Å². The molecule has 0 radical (unpaired) electrons. The number of sulfone groups is 1. The van der Waals surface area contributed by atoms with Gasteiger partial charge < -0.3 is 9.73 Å². The number of amides is 1. The molecule has 2 aromatic carbocycles. The Balaban J connectivity index is 1.61. The van der Waals surface area contributed by atoms with E-state index in [1.807, 2.05) is 36.4 Å². The Morgan fingerprint density at radius 1 is 1.09 bits per heavy atom. The van der Waals surface area contributed by atoms with Gasteiger partial charge in [0.15, 0.2) is 15.1 Å². The van der Waals surface area contributed by atoms with E-state index in [9.17, 15) is 21.6 Å². The molecule has 0 saturated heterocycles. The Morgan fingerprint density at radius 3 is 2.38 bits per heavy atom. The molecule has 4 rings (SSSR count). The first-order chi connectivity index (χ1) is 16.0. The minimum absolute atomic E-state index is 0.0991. The second kappa shape index (κ2) is 9.25. The van der Waals surface area contributed by atoms with E-state index in [-0.39, 0.29) is 11.6 Å². The van der Waals surface area contributed by atoms with E-state index >= 15 is 0 Å². The highest BCUT2D eigenvalue weighted by Crippen LogP contribution is 2.34. The third-order valence-corrected chi connectivity index (χ3v) is 8.18. The smallest absolute Gasteiger partial charge is 0.245 e. The first-order valence-corrected chi connectivity index (χ1v) is 14.4. The highest BCUT2D eigenvalue weighted by Gasteiger charge is 2.34. The van der Waals surface area contributed by atoms with Gasteiger partial charge in [-0.2, -0.15) is 0 Å². The van der Waals surface area contributed by atoms with Crippen molar-refractivity contribution in [1.82, 2.24) is 15.3 Å². The molecule has 0 aliphatic carbocycles. The average Bonchev–Trinajstić information content (AvgIpc) is 3.41. The third-order valence-electron chi connectivity index (χ3n) is 4.88. The molecule has 4 aromatic rings. The van der Waals surface area contributed by atoms with Crippen LogP contribution in [-0.2, 0) is 24.7 Å². The van der Waals surface area contributed by atoms with Gasteiger partial charge in [0.1, 0.15) is 11.3 Å². The summed E-state index contributed by atoms with van der Waals surface area (Å²) in [6.45, 7) is -0.303. The normalized spacial score (nSPS) is 13.1. The Bertz CT molecular complexity index is 1540. The number of carbonyl (C=O) groups excluding carboxylic acids is 1. The molecular weight excluding hydrogens is 500 g/mol. The number of benzene rings is 2. The van der Waals surface area contributed by atoms with Gasteiger partial charge in [-0.25, -0.2) is 31.9 Å². The SMILES string of the molecule is CS(=O)(=O)C(C(=O)NCCS(N)(=O)=O)c1nc2ccc(-c3ccc(-c4ncco4)cc3)cc2s1. The summed E-state index contributed by atoms with van der Waals surface area (Å²) in [6, 6.07) is 13.1. The molecule has 1 atom stereocenters. The van der Waals surface area contributed by atoms with Crippen molar-refractivity contribution in [3.63, 3.8) is 0 Å². The van der Waals surface area contributed by atoms with Gasteiger partial charge in [0, 0.05) is 18.4 Å². The number of primary sulfonamides is 1. The quantitative estimate of drug-likeness (QED) is 0.357. The maximum absolute atomic E-state index is 12.6. The molecule has 178 valence electrons. The Hall–Kier alpha value is -3.13. The first-order valence-electron chi connectivity index (χ1n) is 9.89. The molecule has 10 nitrogen and oxygen atoms in total. The van der Waals surface area contributed by atoms with E-state index < -0.39 is 36.8 Å². The zero-order valence-corrected chi connectivity index (χ0v) is 20.3. The molecule has 1 amide bonds. The Kier molecular flexibility index (Phi) is 6.53. The Labute approximate surface area is 199 Å². The lowest BCUT2D eigenvalue weighted by Crippen LogP contribution is -2.37. The lowest BCUT2D eigenvalue weighted by molar-refractivity contribution is -0.120. The van der Waals surface area contributed by atoms with Gasteiger partial charge in [-0.1, -0.05) is 18.2 Å². The summed E-state index contributed by atoms with van der Waals surface area (Å²) >= 11 is 1.09. The van der Waals surface area contributed by atoms with Crippen LogP contribution in [0.3, 0.4) is 0 Å². The number of thiazole rings is 1. The maximum atomic E-state index is 12.6. The van der Waals surface area contributed by atoms with Crippen molar-refractivity contribution in [2.45, 2.75) is 5.25 Å². The third kappa shape index (κ3) is 5.50. The monoisotopic (exact) mass is 520 g/mol. The summed E-state index contributed by atoms with van der Waals surface area (Å²) in [7, 11) is -7.68. The highest BCUT2D eigenvalue weighted by molar-refractivity contribution is 7.91. The summed E-state index contributed by atoms with van der Waals surface area (Å²) in [5.41, 5.74) is 3.19. The molecule has 1 unspecified atom stereocenters. The number of fused-ring (bicyclic) bond motifs is 1. The average molecular weight is 521 g/mol. The molecule has 0 saturated carbocycles. The summed E-state index contributed by atoms with van der Waals surface area (Å²) in [5, 5.41) is 5.78. The number of aromatic nitrogens is 2. The number of nitrogens with zero attached hydrogens (tertiary/aromatic N) is 2. The van der Waals surface area contributed by atoms with E-state index in [1.54, 1.807) is 12.3 Å². The molecule has 13 heteroatoms. The van der Waals surface area contributed by atoms with Crippen LogP contribution in [0.5, 0.6) is 0 Å². The number of carbonyl (C=O) groups is 1. The van der Waals surface area contributed by atoms with Gasteiger partial charge in [-0.05, 0) is 35.4 Å². The van der Waals surface area contributed by atoms with Crippen molar-refractivity contribution < 1.29 is 26.0 Å². The van der Waals surface area contributed by atoms with Crippen LogP contribution in [0, 0.1) is 0 Å². The lowest BCUT2D eigenvalue weighted by atomic mass is 10.0. The fourth-order valence-electron chi connectivity index (χ4n) is 3.30. The standard InChI is InChI=1S/C21H20N4O6S3/c1-33(27,28)18(19(26)23-9-11-34(22,29)30)21-25-16-7-6-15(12-17(16)32-21)13-2-4-14(5-3-13)20-24-8-10-31-20/h2-8,10,12,18H,9,11H2,1H3,(H,23,26)(H2,22,29,30). The molecule has 0 aliphatic heterocycles. The summed E-state index contributed by atoms with van der Waals surface area (Å²) in [6.07, 6.45) is 4.01. The Morgan fingerprint density at radius 2 is 1.76 bits per heavy atom. The largest absolute Gasteiger partial charge is 0.445 e. The summed E-state index contributed by atoms with van der Waals surface area (Å²) in [4.78, 5) is 21.1. The number of sulfonamides is 1. The predicted molar refractivity (Wildman–Crippen MR) is 129 cm³/mol. The molecule has 0 fully saturated rings. The number of nitrogens with one attached hydrogen (secondary N) is 1. The number of rotatable bonds is 8. The second-order valence-corrected chi connectivity index (χ2v) is 12.4. The minimum atomic E-state index is -3.88. The fourth-order valence-corrected chi connectivity index (χ4v) is 6.24. The topological polar surface area (TPSA) is 162 Å². The van der Waals surface area contributed by atoms with Crippen molar-refractivity contribution in [1.29, 1.82) is 0 Å². The predicted octanol–water partition coefficient (Wildman–Crippen LogP) is 2.11. The van der Waals surface area contributed by atoms with Crippen LogP contribution in [0.15, 0.2) is 59.3 Å². The van der Waals surface area contributed by atoms with Gasteiger partial charge in [-0.3, -0.25) is 4.79 Å². The number of hydrogen-bond donors (Lipinski definition) is 2. The van der Waals surface area contributed by atoms with Crippen LogP contribution >= 0.6 is 11.3 Å². The van der Waals surface area contributed by atoms with Crippen LogP contribution in [0.25, 0.3) is 32.8 Å². The van der Waals surface area contributed by atoms with Gasteiger partial charge >= 0.3 is 0 Å². The van der Waals surface area contributed by atoms with Crippen molar-refractivity contribution in [3.8, 4) is 22.6 Å². The van der Waals surface area contributed by atoms with Gasteiger partial charge in [0.2, 0.25) is 21.8 Å². The van der Waals surface area contributed by atoms with Crippen molar-refractivity contribution in [3.05, 3.63) is 59.9 Å². The molecule has 0 spiro atoms. The van der Waals surface area contributed by atoms with Crippen molar-refractivity contribution >= 4 is 47.3 Å². The molecule has 2 heterocycles. The van der Waals surface area contributed by atoms with E-state index in [2.05, 4.69) is 15.3 Å². The zero-order valence-electron chi connectivity index (χ0n) is 17.8. The molecule has 2 aromatic heterocycles. The van der Waals surface area contributed by atoms with Crippen LogP contribution in [0.4, 0.5) is 0 Å². The maximum Gasteiger partial charge on any atom is 0.245 e. The number of hydrogen-bond acceptors (Lipinski definition) is 9. The molecule has 0 bridgehead atoms. The first kappa shape index (κ1) is 24.0. The summed E-state index contributed by atoms with van der Waals surface area (Å²) in [5.74, 6) is -0.844. The van der Waals surface area contributed by atoms with Crippen LogP contribution in [0.1, 0.15) is 10.3 Å². The zero-order chi connectivity index (χ0) is 24.5. The molecule has 0 aliphatic rings. The van der Waals surface area contributed by atoms with Crippen LogP contribution in [-0.4, -0.2) is 51.3 Å². The molecular formula is C21H20N4O6S3. The van der Waals surface area contributed by atoms with E-state index in [1.165, 1.54) is 6.26 Å². The van der Waals surface area contributed by atoms with Crippen molar-refractivity contribution in [2.24, 2.45) is 5.14 Å². The van der Waals surface area contributed by atoms with E-state index in [0.29, 0.717) is 16.1 Å². The fraction of sp³-hybridized carbons (Fsp3) is 0.190. The minimum Gasteiger partial charge on any atom is -0.445 e. The second-order valence-electron chi connectivity index (χ2n) is 7.52. The van der Waals surface area contributed by atoms with Crippen LogP contribution in [0.2, 0.25) is 0 Å². The van der Waals surface area contributed by atoms with Crippen molar-refractivity contribution in [2.75, 3.05) is 18.6 Å². The number of nitrogens with two attached hydrogens (primary N) is 1. The van der Waals surface area contributed by atoms with Gasteiger partial charge in [-0.15, -0.1) is 11.3 Å². The lowest BCUT2D eigenvalue weighted by Gasteiger charge is -2.12. The number of oxazole rings is 1. The van der Waals surface area contributed by atoms with E-state index in [4.69, 9.17) is 9.56 Å². The van der Waals surface area contributed by atoms with E-state index in [0.717, 1.165) is 34.3 Å². The molecule has 3 N–H and O–H groups in total. The highest BCUT2D eigenvalue weighted by atomic mass is 32.2. The van der Waals surface area contributed by atoms with Crippen LogP contribution < -0.4 is 10.5 Å². The van der Waals surface area contributed by atoms with Gasteiger partial charge in [0.05, 0.1) is 22.2 Å².